The van der Waals surface area contributed by atoms with Gasteiger partial charge < -0.3 is 9.84 Å². The predicted molar refractivity (Wildman–Crippen MR) is 40.4 cm³/mol. The van der Waals surface area contributed by atoms with Crippen LogP contribution in [-0.2, 0) is 9.53 Å². The highest BCUT2D eigenvalue weighted by molar-refractivity contribution is 5.77. The van der Waals surface area contributed by atoms with Crippen LogP contribution in [0.1, 0.15) is 19.3 Å². The first-order valence-corrected chi connectivity index (χ1v) is 3.94. The summed E-state index contributed by atoms with van der Waals surface area (Å²) in [6.45, 7) is 0.941. The first-order chi connectivity index (χ1) is 5.71. The summed E-state index contributed by atoms with van der Waals surface area (Å²) in [5.41, 5.74) is -1.20. The molecule has 1 atom stereocenters. The molecule has 0 amide bonds. The molecule has 1 unspecified atom stereocenters. The number of carboxylic acids is 1. The molecule has 0 saturated carbocycles. The molecular formula is C8H11NO3. The minimum atomic E-state index is -1.20. The third kappa shape index (κ3) is 1.56. The summed E-state index contributed by atoms with van der Waals surface area (Å²) in [5.74, 6) is -1.02. The Hall–Kier alpha value is -1.08. The number of nitrogens with zero attached hydrogens (tertiary/aromatic N) is 1. The van der Waals surface area contributed by atoms with Crippen LogP contribution in [0.5, 0.6) is 0 Å². The smallest absolute Gasteiger partial charge is 0.324 e. The first kappa shape index (κ1) is 9.01. The lowest BCUT2D eigenvalue weighted by Crippen LogP contribution is -2.29. The van der Waals surface area contributed by atoms with E-state index in [0.717, 1.165) is 0 Å². The topological polar surface area (TPSA) is 70.3 Å². The minimum absolute atomic E-state index is 0.304. The second-order valence-electron chi connectivity index (χ2n) is 2.96. The number of nitriles is 1. The normalized spacial score (nSPS) is 30.2. The van der Waals surface area contributed by atoms with Crippen molar-refractivity contribution >= 4 is 5.97 Å². The summed E-state index contributed by atoms with van der Waals surface area (Å²) < 4.78 is 5.09. The highest BCUT2D eigenvalue weighted by Crippen LogP contribution is 2.29. The standard InChI is InChI=1S/C8H11NO3/c9-6-8(7(10)11)2-1-4-12-5-3-8/h1-5H2,(H,10,11). The van der Waals surface area contributed by atoms with Gasteiger partial charge in [-0.15, -0.1) is 0 Å². The molecule has 0 aromatic heterocycles. The lowest BCUT2D eigenvalue weighted by atomic mass is 9.82. The van der Waals surface area contributed by atoms with Crippen LogP contribution in [0.4, 0.5) is 0 Å². The van der Waals surface area contributed by atoms with Crippen LogP contribution in [0.3, 0.4) is 0 Å². The average molecular weight is 169 g/mol. The largest absolute Gasteiger partial charge is 0.480 e. The van der Waals surface area contributed by atoms with Gasteiger partial charge in [0.15, 0.2) is 5.41 Å². The van der Waals surface area contributed by atoms with Crippen molar-refractivity contribution in [2.24, 2.45) is 5.41 Å². The van der Waals surface area contributed by atoms with Gasteiger partial charge in [0.1, 0.15) is 0 Å². The van der Waals surface area contributed by atoms with E-state index in [0.29, 0.717) is 32.5 Å². The van der Waals surface area contributed by atoms with Crippen LogP contribution in [0.25, 0.3) is 0 Å². The summed E-state index contributed by atoms with van der Waals surface area (Å²) in [6, 6.07) is 1.88. The molecule has 0 bridgehead atoms. The Morgan fingerprint density at radius 1 is 1.50 bits per heavy atom. The highest BCUT2D eigenvalue weighted by atomic mass is 16.5. The average Bonchev–Trinajstić information content (AvgIpc) is 2.29. The molecule has 0 spiro atoms. The van der Waals surface area contributed by atoms with Crippen LogP contribution >= 0.6 is 0 Å². The number of carbonyl (C=O) groups is 1. The zero-order chi connectivity index (χ0) is 9.03. The number of rotatable bonds is 1. The van der Waals surface area contributed by atoms with Crippen LogP contribution in [-0.4, -0.2) is 24.3 Å². The molecule has 0 aliphatic carbocycles. The van der Waals surface area contributed by atoms with Gasteiger partial charge in [-0.2, -0.15) is 5.26 Å². The maximum atomic E-state index is 10.8. The van der Waals surface area contributed by atoms with E-state index >= 15 is 0 Å². The van der Waals surface area contributed by atoms with Crippen LogP contribution in [0, 0.1) is 16.7 Å². The van der Waals surface area contributed by atoms with E-state index in [4.69, 9.17) is 15.1 Å². The van der Waals surface area contributed by atoms with Crippen molar-refractivity contribution < 1.29 is 14.6 Å². The first-order valence-electron chi connectivity index (χ1n) is 3.94. The SMILES string of the molecule is N#CC1(C(=O)O)CCCOCC1. The van der Waals surface area contributed by atoms with Gasteiger partial charge >= 0.3 is 5.97 Å². The molecule has 1 saturated heterocycles. The van der Waals surface area contributed by atoms with E-state index in [-0.39, 0.29) is 0 Å². The fraction of sp³-hybridized carbons (Fsp3) is 0.750. The summed E-state index contributed by atoms with van der Waals surface area (Å²) in [5, 5.41) is 17.6. The van der Waals surface area contributed by atoms with Gasteiger partial charge in [-0.25, -0.2) is 0 Å². The Balaban J connectivity index is 2.77. The van der Waals surface area contributed by atoms with Gasteiger partial charge in [-0.3, -0.25) is 4.79 Å². The van der Waals surface area contributed by atoms with Crippen LogP contribution in [0.15, 0.2) is 0 Å². The molecule has 1 N–H and O–H groups in total. The molecule has 1 heterocycles. The van der Waals surface area contributed by atoms with Gasteiger partial charge in [0.05, 0.1) is 6.07 Å². The molecule has 4 nitrogen and oxygen atoms in total. The Bertz CT molecular complexity index is 211. The van der Waals surface area contributed by atoms with E-state index < -0.39 is 11.4 Å². The molecule has 66 valence electrons. The van der Waals surface area contributed by atoms with E-state index in [1.165, 1.54) is 0 Å². The number of aliphatic carboxylic acids is 1. The van der Waals surface area contributed by atoms with E-state index in [1.807, 2.05) is 6.07 Å². The lowest BCUT2D eigenvalue weighted by Gasteiger charge is -2.17. The van der Waals surface area contributed by atoms with Crippen molar-refractivity contribution in [1.29, 1.82) is 5.26 Å². The van der Waals surface area contributed by atoms with E-state index in [1.54, 1.807) is 0 Å². The Kier molecular flexibility index (Phi) is 2.66. The molecule has 0 aromatic carbocycles. The predicted octanol–water partition coefficient (Wildman–Crippen LogP) is 0.781. The van der Waals surface area contributed by atoms with Crippen molar-refractivity contribution in [2.75, 3.05) is 13.2 Å². The quantitative estimate of drug-likeness (QED) is 0.629. The summed E-state index contributed by atoms with van der Waals surface area (Å²) >= 11 is 0. The summed E-state index contributed by atoms with van der Waals surface area (Å²) in [7, 11) is 0. The van der Waals surface area contributed by atoms with Gasteiger partial charge in [-0.05, 0) is 12.8 Å². The Morgan fingerprint density at radius 3 is 2.83 bits per heavy atom. The molecule has 1 rings (SSSR count). The summed E-state index contributed by atoms with van der Waals surface area (Å²) in [4.78, 5) is 10.8. The number of hydrogen-bond acceptors (Lipinski definition) is 3. The van der Waals surface area contributed by atoms with Crippen LogP contribution < -0.4 is 0 Å². The van der Waals surface area contributed by atoms with Gasteiger partial charge in [0, 0.05) is 19.6 Å². The van der Waals surface area contributed by atoms with Gasteiger partial charge in [-0.1, -0.05) is 0 Å². The third-order valence-electron chi connectivity index (χ3n) is 2.19. The minimum Gasteiger partial charge on any atom is -0.480 e. The molecule has 12 heavy (non-hydrogen) atoms. The molecular weight excluding hydrogens is 158 g/mol. The maximum Gasteiger partial charge on any atom is 0.324 e. The van der Waals surface area contributed by atoms with Crippen molar-refractivity contribution in [2.45, 2.75) is 19.3 Å². The number of ether oxygens (including phenoxy) is 1. The zero-order valence-corrected chi connectivity index (χ0v) is 6.75. The summed E-state index contributed by atoms with van der Waals surface area (Å²) in [6.07, 6.45) is 1.36. The lowest BCUT2D eigenvalue weighted by molar-refractivity contribution is -0.146. The van der Waals surface area contributed by atoms with Crippen LogP contribution in [0.2, 0.25) is 0 Å². The molecule has 1 aliphatic heterocycles. The monoisotopic (exact) mass is 169 g/mol. The van der Waals surface area contributed by atoms with Gasteiger partial charge in [0.25, 0.3) is 0 Å². The second kappa shape index (κ2) is 3.55. The van der Waals surface area contributed by atoms with Crippen molar-refractivity contribution in [3.63, 3.8) is 0 Å². The molecule has 1 aliphatic rings. The third-order valence-corrected chi connectivity index (χ3v) is 2.19. The van der Waals surface area contributed by atoms with Crippen molar-refractivity contribution in [3.8, 4) is 6.07 Å². The maximum absolute atomic E-state index is 10.8. The Labute approximate surface area is 70.7 Å². The molecule has 0 aromatic rings. The van der Waals surface area contributed by atoms with Gasteiger partial charge in [0.2, 0.25) is 0 Å². The molecule has 1 fully saturated rings. The van der Waals surface area contributed by atoms with Crippen molar-refractivity contribution in [1.82, 2.24) is 0 Å². The fourth-order valence-electron chi connectivity index (χ4n) is 1.32. The van der Waals surface area contributed by atoms with Crippen molar-refractivity contribution in [3.05, 3.63) is 0 Å². The van der Waals surface area contributed by atoms with E-state index in [9.17, 15) is 4.79 Å². The van der Waals surface area contributed by atoms with E-state index in [2.05, 4.69) is 0 Å². The zero-order valence-electron chi connectivity index (χ0n) is 6.75. The Morgan fingerprint density at radius 2 is 2.25 bits per heavy atom. The molecule has 4 heteroatoms. The molecule has 0 radical (unpaired) electrons. The fourth-order valence-corrected chi connectivity index (χ4v) is 1.32. The number of carboxylic acid groups (broad SMARTS) is 1. The highest BCUT2D eigenvalue weighted by Gasteiger charge is 2.39. The number of hydrogen-bond donors (Lipinski definition) is 1. The second-order valence-corrected chi connectivity index (χ2v) is 2.96.